The van der Waals surface area contributed by atoms with Gasteiger partial charge in [0.1, 0.15) is 11.8 Å². The number of para-hydroxylation sites is 1. The molecule has 0 heterocycles. The predicted molar refractivity (Wildman–Crippen MR) is 137 cm³/mol. The molecule has 0 aliphatic carbocycles. The van der Waals surface area contributed by atoms with Crippen molar-refractivity contribution in [3.8, 4) is 17.6 Å². The Hall–Kier alpha value is -4.26. The van der Waals surface area contributed by atoms with Gasteiger partial charge in [-0.05, 0) is 48.5 Å². The minimum Gasteiger partial charge on any atom is -0.496 e. The van der Waals surface area contributed by atoms with Gasteiger partial charge < -0.3 is 15.4 Å². The number of thioether (sulfide) groups is 1. The van der Waals surface area contributed by atoms with Gasteiger partial charge in [-0.3, -0.25) is 19.6 Å². The van der Waals surface area contributed by atoms with Crippen molar-refractivity contribution in [1.29, 1.82) is 0 Å². The van der Waals surface area contributed by atoms with Crippen molar-refractivity contribution < 1.29 is 24.3 Å². The van der Waals surface area contributed by atoms with Gasteiger partial charge in [-0.25, -0.2) is 5.48 Å². The first-order valence-electron chi connectivity index (χ1n) is 10.9. The van der Waals surface area contributed by atoms with Gasteiger partial charge in [0.15, 0.2) is 0 Å². The molecule has 0 aliphatic rings. The molecular formula is C27H25N3O5S. The quantitative estimate of drug-likeness (QED) is 0.154. The van der Waals surface area contributed by atoms with E-state index in [0.29, 0.717) is 11.3 Å². The zero-order valence-electron chi connectivity index (χ0n) is 19.5. The summed E-state index contributed by atoms with van der Waals surface area (Å²) in [4.78, 5) is 37.8. The van der Waals surface area contributed by atoms with Crippen LogP contribution in [0.15, 0.2) is 83.8 Å². The van der Waals surface area contributed by atoms with Crippen LogP contribution in [0.4, 0.5) is 0 Å². The van der Waals surface area contributed by atoms with Crippen LogP contribution in [0.1, 0.15) is 21.5 Å². The molecule has 9 heteroatoms. The van der Waals surface area contributed by atoms with E-state index < -0.39 is 17.9 Å². The molecule has 36 heavy (non-hydrogen) atoms. The Morgan fingerprint density at radius 2 is 1.56 bits per heavy atom. The van der Waals surface area contributed by atoms with Crippen LogP contribution in [-0.2, 0) is 9.59 Å². The number of hydroxylamine groups is 1. The highest BCUT2D eigenvalue weighted by atomic mass is 32.2. The van der Waals surface area contributed by atoms with Crippen molar-refractivity contribution >= 4 is 29.5 Å². The van der Waals surface area contributed by atoms with E-state index in [1.54, 1.807) is 37.4 Å². The van der Waals surface area contributed by atoms with Crippen LogP contribution in [0.3, 0.4) is 0 Å². The average Bonchev–Trinajstić information content (AvgIpc) is 2.93. The molecule has 4 N–H and O–H groups in total. The van der Waals surface area contributed by atoms with Crippen LogP contribution in [0.5, 0.6) is 5.75 Å². The van der Waals surface area contributed by atoms with Crippen LogP contribution in [0.25, 0.3) is 0 Å². The zero-order valence-corrected chi connectivity index (χ0v) is 20.3. The van der Waals surface area contributed by atoms with E-state index >= 15 is 0 Å². The molecule has 0 aromatic heterocycles. The van der Waals surface area contributed by atoms with Gasteiger partial charge in [-0.1, -0.05) is 42.2 Å². The lowest BCUT2D eigenvalue weighted by atomic mass is 10.1. The molecule has 3 rings (SSSR count). The van der Waals surface area contributed by atoms with Crippen LogP contribution in [0, 0.1) is 11.8 Å². The second kappa shape index (κ2) is 13.6. The summed E-state index contributed by atoms with van der Waals surface area (Å²) < 4.78 is 5.26. The van der Waals surface area contributed by atoms with Crippen LogP contribution in [0.2, 0.25) is 0 Å². The molecule has 0 saturated carbocycles. The Bertz CT molecular complexity index is 1250. The summed E-state index contributed by atoms with van der Waals surface area (Å²) in [5, 5.41) is 14.2. The molecular weight excluding hydrogens is 478 g/mol. The Morgan fingerprint density at radius 1 is 0.917 bits per heavy atom. The number of hydrogen-bond acceptors (Lipinski definition) is 6. The standard InChI is InChI=1S/C27H25N3O5S/c1-35-23-9-5-6-10-24(23)36-18-25(31)28-17-22(27(33)30-34)29-26(32)21-15-13-20(14-16-21)12-11-19-7-3-2-4-8-19/h2-10,13-16,22,34H,17-18H2,1H3,(H,28,31)(H,29,32)(H,30,33)/t22-/m0/s1. The largest absolute Gasteiger partial charge is 0.496 e. The summed E-state index contributed by atoms with van der Waals surface area (Å²) in [6.07, 6.45) is 0. The minimum atomic E-state index is -1.18. The fourth-order valence-corrected chi connectivity index (χ4v) is 3.90. The lowest BCUT2D eigenvalue weighted by Crippen LogP contribution is -2.52. The third-order valence-corrected chi connectivity index (χ3v) is 5.99. The van der Waals surface area contributed by atoms with E-state index in [0.717, 1.165) is 16.0 Å². The second-order valence-corrected chi connectivity index (χ2v) is 8.46. The molecule has 184 valence electrons. The average molecular weight is 504 g/mol. The van der Waals surface area contributed by atoms with Gasteiger partial charge in [0, 0.05) is 28.1 Å². The van der Waals surface area contributed by atoms with Crippen LogP contribution >= 0.6 is 11.8 Å². The number of amides is 3. The van der Waals surface area contributed by atoms with E-state index in [4.69, 9.17) is 9.94 Å². The molecule has 1 atom stereocenters. The highest BCUT2D eigenvalue weighted by Gasteiger charge is 2.22. The molecule has 0 aliphatic heterocycles. The Morgan fingerprint density at radius 3 is 2.22 bits per heavy atom. The van der Waals surface area contributed by atoms with Crippen molar-refractivity contribution in [2.24, 2.45) is 0 Å². The highest BCUT2D eigenvalue weighted by molar-refractivity contribution is 8.00. The molecule has 0 bridgehead atoms. The third-order valence-electron chi connectivity index (χ3n) is 4.94. The number of ether oxygens (including phenoxy) is 1. The fraction of sp³-hybridized carbons (Fsp3) is 0.148. The Balaban J connectivity index is 1.55. The van der Waals surface area contributed by atoms with Crippen LogP contribution in [-0.4, -0.2) is 48.4 Å². The molecule has 0 radical (unpaired) electrons. The SMILES string of the molecule is COc1ccccc1SCC(=O)NC[C@H](NC(=O)c1ccc(C#Cc2ccccc2)cc1)C(=O)NO. The summed E-state index contributed by atoms with van der Waals surface area (Å²) in [6.45, 7) is -0.204. The summed E-state index contributed by atoms with van der Waals surface area (Å²) in [7, 11) is 1.55. The zero-order chi connectivity index (χ0) is 25.8. The Labute approximate surface area is 213 Å². The van der Waals surface area contributed by atoms with Gasteiger partial charge in [0.25, 0.3) is 11.8 Å². The molecule has 0 fully saturated rings. The van der Waals surface area contributed by atoms with Crippen molar-refractivity contribution in [2.75, 3.05) is 19.4 Å². The van der Waals surface area contributed by atoms with E-state index in [1.165, 1.54) is 17.2 Å². The lowest BCUT2D eigenvalue weighted by Gasteiger charge is -2.17. The third kappa shape index (κ3) is 7.91. The number of nitrogens with one attached hydrogen (secondary N) is 3. The van der Waals surface area contributed by atoms with Crippen molar-refractivity contribution in [3.05, 3.63) is 95.6 Å². The van der Waals surface area contributed by atoms with Crippen molar-refractivity contribution in [3.63, 3.8) is 0 Å². The lowest BCUT2D eigenvalue weighted by molar-refractivity contribution is -0.131. The topological polar surface area (TPSA) is 117 Å². The van der Waals surface area contributed by atoms with Gasteiger partial charge in [0.2, 0.25) is 5.91 Å². The van der Waals surface area contributed by atoms with Gasteiger partial charge >= 0.3 is 0 Å². The van der Waals surface area contributed by atoms with Crippen molar-refractivity contribution in [2.45, 2.75) is 10.9 Å². The number of carbonyl (C=O) groups is 3. The van der Waals surface area contributed by atoms with Gasteiger partial charge in [-0.2, -0.15) is 0 Å². The molecule has 3 aromatic rings. The smallest absolute Gasteiger partial charge is 0.267 e. The molecule has 3 aromatic carbocycles. The van der Waals surface area contributed by atoms with Gasteiger partial charge in [-0.15, -0.1) is 11.8 Å². The first kappa shape index (κ1) is 26.3. The number of hydrogen-bond donors (Lipinski definition) is 4. The maximum atomic E-state index is 12.7. The van der Waals surface area contributed by atoms with E-state index in [9.17, 15) is 14.4 Å². The molecule has 8 nitrogen and oxygen atoms in total. The Kier molecular flexibility index (Phi) is 9.94. The highest BCUT2D eigenvalue weighted by Crippen LogP contribution is 2.28. The maximum Gasteiger partial charge on any atom is 0.267 e. The van der Waals surface area contributed by atoms with Gasteiger partial charge in [0.05, 0.1) is 12.9 Å². The maximum absolute atomic E-state index is 12.7. The summed E-state index contributed by atoms with van der Waals surface area (Å²) in [6, 6.07) is 22.2. The number of carbonyl (C=O) groups excluding carboxylic acids is 3. The first-order chi connectivity index (χ1) is 17.5. The van der Waals surface area contributed by atoms with E-state index in [-0.39, 0.29) is 18.2 Å². The molecule has 3 amide bonds. The molecule has 0 saturated heterocycles. The normalized spacial score (nSPS) is 10.8. The number of benzene rings is 3. The minimum absolute atomic E-state index is 0.0766. The predicted octanol–water partition coefficient (Wildman–Crippen LogP) is 2.61. The molecule has 0 unspecified atom stereocenters. The summed E-state index contributed by atoms with van der Waals surface area (Å²) >= 11 is 1.27. The first-order valence-corrected chi connectivity index (χ1v) is 11.9. The van der Waals surface area contributed by atoms with E-state index in [2.05, 4.69) is 22.5 Å². The number of rotatable bonds is 9. The van der Waals surface area contributed by atoms with E-state index in [1.807, 2.05) is 48.5 Å². The molecule has 0 spiro atoms. The second-order valence-electron chi connectivity index (χ2n) is 7.44. The summed E-state index contributed by atoms with van der Waals surface area (Å²) in [5.74, 6) is 5.04. The fourth-order valence-electron chi connectivity index (χ4n) is 3.05. The summed E-state index contributed by atoms with van der Waals surface area (Å²) in [5.41, 5.74) is 3.41. The van der Waals surface area contributed by atoms with Crippen LogP contribution < -0.4 is 20.9 Å². The monoisotopic (exact) mass is 503 g/mol. The van der Waals surface area contributed by atoms with Crippen molar-refractivity contribution in [1.82, 2.24) is 16.1 Å². The number of methoxy groups -OCH3 is 1.